The summed E-state index contributed by atoms with van der Waals surface area (Å²) in [7, 11) is 0. The van der Waals surface area contributed by atoms with Gasteiger partial charge in [0.15, 0.2) is 0 Å². The van der Waals surface area contributed by atoms with E-state index >= 15 is 0 Å². The summed E-state index contributed by atoms with van der Waals surface area (Å²) in [6.07, 6.45) is 7.42. The minimum atomic E-state index is 0.0694. The third-order valence-corrected chi connectivity index (χ3v) is 4.36. The Hall–Kier alpha value is -2.37. The summed E-state index contributed by atoms with van der Waals surface area (Å²) in [5, 5.41) is 4.20. The summed E-state index contributed by atoms with van der Waals surface area (Å²) in [5.41, 5.74) is 0.706. The van der Waals surface area contributed by atoms with Crippen molar-refractivity contribution in [2.45, 2.75) is 38.6 Å². The number of hydrogen-bond donors (Lipinski definition) is 0. The lowest BCUT2D eigenvalue weighted by atomic mass is 10.0. The molecule has 1 aliphatic heterocycles. The number of amides is 1. The number of benzene rings is 1. The molecule has 0 bridgehead atoms. The predicted molar refractivity (Wildman–Crippen MR) is 91.0 cm³/mol. The molecule has 1 fully saturated rings. The highest BCUT2D eigenvalue weighted by Gasteiger charge is 2.25. The summed E-state index contributed by atoms with van der Waals surface area (Å²) < 4.78 is 7.50. The molecule has 128 valence electrons. The molecule has 1 aliphatic rings. The molecule has 0 N–H and O–H groups in total. The molecule has 0 saturated carbocycles. The first-order valence-electron chi connectivity index (χ1n) is 8.64. The van der Waals surface area contributed by atoms with Crippen molar-refractivity contribution >= 4 is 5.91 Å². The number of nitrogens with zero attached hydrogens (tertiary/aromatic N) is 4. The van der Waals surface area contributed by atoms with Crippen LogP contribution in [0.5, 0.6) is 5.75 Å². The average Bonchev–Trinajstić information content (AvgIpc) is 3.17. The van der Waals surface area contributed by atoms with E-state index < -0.39 is 0 Å². The normalized spacial score (nSPS) is 17.7. The molecule has 2 aromatic rings. The summed E-state index contributed by atoms with van der Waals surface area (Å²) in [4.78, 5) is 18.6. The second-order valence-corrected chi connectivity index (χ2v) is 6.15. The highest BCUT2D eigenvalue weighted by molar-refractivity contribution is 5.94. The van der Waals surface area contributed by atoms with E-state index in [4.69, 9.17) is 4.74 Å². The summed E-state index contributed by atoms with van der Waals surface area (Å²) in [6, 6.07) is 7.66. The lowest BCUT2D eigenvalue weighted by Gasteiger charge is -2.32. The highest BCUT2D eigenvalue weighted by Crippen LogP contribution is 2.22. The Morgan fingerprint density at radius 3 is 2.88 bits per heavy atom. The van der Waals surface area contributed by atoms with Crippen molar-refractivity contribution in [3.8, 4) is 5.75 Å². The second kappa shape index (κ2) is 7.95. The number of hydrogen-bond acceptors (Lipinski definition) is 4. The van der Waals surface area contributed by atoms with Gasteiger partial charge in [0, 0.05) is 18.7 Å². The minimum absolute atomic E-state index is 0.0694. The molecule has 0 aliphatic carbocycles. The van der Waals surface area contributed by atoms with Gasteiger partial charge in [-0.25, -0.2) is 9.67 Å². The SMILES string of the molecule is CCCCOc1ccc(C(=O)N2CCC[C@H](n3cncn3)C2)cc1. The van der Waals surface area contributed by atoms with Gasteiger partial charge in [-0.15, -0.1) is 0 Å². The van der Waals surface area contributed by atoms with E-state index in [1.54, 1.807) is 6.33 Å². The van der Waals surface area contributed by atoms with Gasteiger partial charge in [0.25, 0.3) is 5.91 Å². The average molecular weight is 328 g/mol. The standard InChI is InChI=1S/C18H24N4O2/c1-2-3-11-24-17-8-6-15(7-9-17)18(23)21-10-4-5-16(12-21)22-14-19-13-20-22/h6-9,13-14,16H,2-5,10-12H2,1H3/t16-/m0/s1. The molecule has 6 nitrogen and oxygen atoms in total. The molecule has 2 heterocycles. The first kappa shape index (κ1) is 16.5. The maximum Gasteiger partial charge on any atom is 0.253 e. The smallest absolute Gasteiger partial charge is 0.253 e. The van der Waals surface area contributed by atoms with Gasteiger partial charge in [-0.1, -0.05) is 13.3 Å². The minimum Gasteiger partial charge on any atom is -0.494 e. The van der Waals surface area contributed by atoms with Crippen LogP contribution in [0.15, 0.2) is 36.9 Å². The lowest BCUT2D eigenvalue weighted by Crippen LogP contribution is -2.40. The molecular weight excluding hydrogens is 304 g/mol. The molecular formula is C18H24N4O2. The van der Waals surface area contributed by atoms with Crippen LogP contribution in [0.1, 0.15) is 49.0 Å². The molecule has 24 heavy (non-hydrogen) atoms. The van der Waals surface area contributed by atoms with E-state index in [1.807, 2.05) is 33.8 Å². The van der Waals surface area contributed by atoms with Crippen LogP contribution < -0.4 is 4.74 Å². The third kappa shape index (κ3) is 3.93. The van der Waals surface area contributed by atoms with E-state index in [0.29, 0.717) is 12.1 Å². The fourth-order valence-electron chi connectivity index (χ4n) is 2.97. The van der Waals surface area contributed by atoms with Crippen LogP contribution in [-0.4, -0.2) is 45.3 Å². The van der Waals surface area contributed by atoms with E-state index in [-0.39, 0.29) is 11.9 Å². The number of aromatic nitrogens is 3. The Balaban J connectivity index is 1.61. The molecule has 1 aromatic heterocycles. The Morgan fingerprint density at radius 1 is 1.33 bits per heavy atom. The molecule has 1 atom stereocenters. The van der Waals surface area contributed by atoms with Crippen LogP contribution in [0.3, 0.4) is 0 Å². The van der Waals surface area contributed by atoms with Crippen molar-refractivity contribution in [3.05, 3.63) is 42.5 Å². The van der Waals surface area contributed by atoms with Crippen LogP contribution in [0.4, 0.5) is 0 Å². The largest absolute Gasteiger partial charge is 0.494 e. The Bertz CT molecular complexity index is 640. The van der Waals surface area contributed by atoms with Crippen molar-refractivity contribution in [1.82, 2.24) is 19.7 Å². The first-order valence-corrected chi connectivity index (χ1v) is 8.64. The third-order valence-electron chi connectivity index (χ3n) is 4.36. The van der Waals surface area contributed by atoms with E-state index in [0.717, 1.165) is 44.6 Å². The fraction of sp³-hybridized carbons (Fsp3) is 0.500. The molecule has 0 spiro atoms. The summed E-state index contributed by atoms with van der Waals surface area (Å²) in [5.74, 6) is 0.888. The fourth-order valence-corrected chi connectivity index (χ4v) is 2.97. The van der Waals surface area contributed by atoms with E-state index in [2.05, 4.69) is 17.0 Å². The number of ether oxygens (including phenoxy) is 1. The van der Waals surface area contributed by atoms with Gasteiger partial charge >= 0.3 is 0 Å². The molecule has 0 unspecified atom stereocenters. The first-order chi connectivity index (χ1) is 11.8. The van der Waals surface area contributed by atoms with E-state index in [9.17, 15) is 4.79 Å². The Labute approximate surface area is 142 Å². The Morgan fingerprint density at radius 2 is 2.17 bits per heavy atom. The maximum absolute atomic E-state index is 12.7. The number of likely N-dealkylation sites (tertiary alicyclic amines) is 1. The van der Waals surface area contributed by atoms with Gasteiger partial charge < -0.3 is 9.64 Å². The van der Waals surface area contributed by atoms with Crippen LogP contribution in [-0.2, 0) is 0 Å². The summed E-state index contributed by atoms with van der Waals surface area (Å²) >= 11 is 0. The molecule has 6 heteroatoms. The van der Waals surface area contributed by atoms with Crippen molar-refractivity contribution < 1.29 is 9.53 Å². The topological polar surface area (TPSA) is 60.2 Å². The van der Waals surface area contributed by atoms with Crippen LogP contribution in [0.2, 0.25) is 0 Å². The van der Waals surface area contributed by atoms with Gasteiger partial charge in [-0.2, -0.15) is 5.10 Å². The van der Waals surface area contributed by atoms with Crippen molar-refractivity contribution in [3.63, 3.8) is 0 Å². The summed E-state index contributed by atoms with van der Waals surface area (Å²) in [6.45, 7) is 4.32. The zero-order chi connectivity index (χ0) is 16.8. The van der Waals surface area contributed by atoms with Gasteiger partial charge in [-0.05, 0) is 43.5 Å². The quantitative estimate of drug-likeness (QED) is 0.765. The van der Waals surface area contributed by atoms with Gasteiger partial charge in [0.1, 0.15) is 18.4 Å². The van der Waals surface area contributed by atoms with Crippen LogP contribution in [0, 0.1) is 0 Å². The van der Waals surface area contributed by atoms with E-state index in [1.165, 1.54) is 6.33 Å². The lowest BCUT2D eigenvalue weighted by molar-refractivity contribution is 0.0672. The Kier molecular flexibility index (Phi) is 5.46. The number of piperidine rings is 1. The molecule has 1 amide bonds. The van der Waals surface area contributed by atoms with Crippen molar-refractivity contribution in [2.75, 3.05) is 19.7 Å². The number of rotatable bonds is 6. The number of unbranched alkanes of at least 4 members (excludes halogenated alkanes) is 1. The monoisotopic (exact) mass is 328 g/mol. The van der Waals surface area contributed by atoms with Gasteiger partial charge in [-0.3, -0.25) is 4.79 Å². The van der Waals surface area contributed by atoms with Crippen LogP contribution >= 0.6 is 0 Å². The van der Waals surface area contributed by atoms with Crippen LogP contribution in [0.25, 0.3) is 0 Å². The molecule has 1 saturated heterocycles. The number of carbonyl (C=O) groups excluding carboxylic acids is 1. The molecule has 3 rings (SSSR count). The van der Waals surface area contributed by atoms with Gasteiger partial charge in [0.05, 0.1) is 12.6 Å². The van der Waals surface area contributed by atoms with Crippen molar-refractivity contribution in [2.24, 2.45) is 0 Å². The second-order valence-electron chi connectivity index (χ2n) is 6.15. The zero-order valence-electron chi connectivity index (χ0n) is 14.1. The number of carbonyl (C=O) groups is 1. The molecule has 1 aromatic carbocycles. The van der Waals surface area contributed by atoms with Crippen molar-refractivity contribution in [1.29, 1.82) is 0 Å². The predicted octanol–water partition coefficient (Wildman–Crippen LogP) is 2.93. The molecule has 0 radical (unpaired) electrons. The maximum atomic E-state index is 12.7. The van der Waals surface area contributed by atoms with Gasteiger partial charge in [0.2, 0.25) is 0 Å². The highest BCUT2D eigenvalue weighted by atomic mass is 16.5. The zero-order valence-corrected chi connectivity index (χ0v) is 14.1.